The van der Waals surface area contributed by atoms with Crippen molar-refractivity contribution in [3.8, 4) is 11.3 Å². The van der Waals surface area contributed by atoms with E-state index in [9.17, 15) is 4.79 Å². The number of aromatic nitrogens is 4. The number of rotatable bonds is 3. The Morgan fingerprint density at radius 3 is 2.59 bits per heavy atom. The average molecular weight is 366 g/mol. The molecule has 0 atom stereocenters. The van der Waals surface area contributed by atoms with Gasteiger partial charge in [-0.15, -0.1) is 0 Å². The van der Waals surface area contributed by atoms with E-state index in [1.165, 1.54) is 7.11 Å². The van der Waals surface area contributed by atoms with Gasteiger partial charge in [-0.05, 0) is 12.1 Å². The monoisotopic (exact) mass is 366 g/mol. The SMILES string of the molecule is COC(=O)c1ccc(-c2cnc3nc(N)nc(N4CCOCC4)c3n2)cc1. The van der Waals surface area contributed by atoms with E-state index >= 15 is 0 Å². The molecule has 0 unspecified atom stereocenters. The van der Waals surface area contributed by atoms with Crippen LogP contribution in [0.3, 0.4) is 0 Å². The lowest BCUT2D eigenvalue weighted by Gasteiger charge is -2.28. The van der Waals surface area contributed by atoms with Gasteiger partial charge in [0.2, 0.25) is 5.95 Å². The van der Waals surface area contributed by atoms with Crippen LogP contribution in [0.5, 0.6) is 0 Å². The molecule has 4 rings (SSSR count). The second-order valence-corrected chi connectivity index (χ2v) is 6.00. The fourth-order valence-corrected chi connectivity index (χ4v) is 2.94. The maximum Gasteiger partial charge on any atom is 0.337 e. The molecule has 1 aliphatic heterocycles. The summed E-state index contributed by atoms with van der Waals surface area (Å²) in [5.41, 5.74) is 8.82. The number of nitrogen functional groups attached to an aromatic ring is 1. The highest BCUT2D eigenvalue weighted by molar-refractivity contribution is 5.90. The number of methoxy groups -OCH3 is 1. The summed E-state index contributed by atoms with van der Waals surface area (Å²) in [5, 5.41) is 0. The summed E-state index contributed by atoms with van der Waals surface area (Å²) in [5.74, 6) is 0.430. The molecule has 3 aromatic rings. The molecule has 1 saturated heterocycles. The molecule has 2 aromatic heterocycles. The van der Waals surface area contributed by atoms with Gasteiger partial charge >= 0.3 is 5.97 Å². The highest BCUT2D eigenvalue weighted by Gasteiger charge is 2.19. The molecule has 3 heterocycles. The first-order valence-electron chi connectivity index (χ1n) is 8.47. The van der Waals surface area contributed by atoms with Crippen LogP contribution in [0.25, 0.3) is 22.4 Å². The molecule has 1 aromatic carbocycles. The van der Waals surface area contributed by atoms with Crippen LogP contribution >= 0.6 is 0 Å². The molecule has 9 heteroatoms. The average Bonchev–Trinajstić information content (AvgIpc) is 2.73. The molecule has 27 heavy (non-hydrogen) atoms. The first-order chi connectivity index (χ1) is 13.2. The Kier molecular flexibility index (Phi) is 4.51. The number of hydrogen-bond donors (Lipinski definition) is 1. The second-order valence-electron chi connectivity index (χ2n) is 6.00. The normalized spacial score (nSPS) is 14.3. The number of nitrogens with zero attached hydrogens (tertiary/aromatic N) is 5. The van der Waals surface area contributed by atoms with E-state index < -0.39 is 0 Å². The molecule has 0 radical (unpaired) electrons. The summed E-state index contributed by atoms with van der Waals surface area (Å²) in [4.78, 5) is 31.4. The number of hydrogen-bond acceptors (Lipinski definition) is 9. The van der Waals surface area contributed by atoms with Crippen molar-refractivity contribution in [1.82, 2.24) is 19.9 Å². The van der Waals surface area contributed by atoms with Crippen molar-refractivity contribution >= 4 is 28.9 Å². The Balaban J connectivity index is 1.76. The number of carbonyl (C=O) groups is 1. The molecule has 1 aliphatic rings. The van der Waals surface area contributed by atoms with Crippen molar-refractivity contribution in [3.63, 3.8) is 0 Å². The summed E-state index contributed by atoms with van der Waals surface area (Å²) in [6, 6.07) is 6.98. The summed E-state index contributed by atoms with van der Waals surface area (Å²) in [7, 11) is 1.35. The predicted octanol–water partition coefficient (Wildman–Crippen LogP) is 1.29. The van der Waals surface area contributed by atoms with Gasteiger partial charge in [0.05, 0.1) is 37.8 Å². The topological polar surface area (TPSA) is 116 Å². The number of carbonyl (C=O) groups excluding carboxylic acids is 1. The minimum Gasteiger partial charge on any atom is -0.465 e. The Morgan fingerprint density at radius 2 is 1.89 bits per heavy atom. The Hall–Kier alpha value is -3.33. The number of benzene rings is 1. The van der Waals surface area contributed by atoms with Crippen LogP contribution in [-0.4, -0.2) is 59.3 Å². The standard InChI is InChI=1S/C18H18N6O3/c1-26-17(25)12-4-2-11(3-5-12)13-10-20-15-14(21-13)16(23-18(19)22-15)24-6-8-27-9-7-24/h2-5,10H,6-9H2,1H3,(H2,19,20,22,23). The van der Waals surface area contributed by atoms with Crippen LogP contribution < -0.4 is 10.6 Å². The fourth-order valence-electron chi connectivity index (χ4n) is 2.94. The largest absolute Gasteiger partial charge is 0.465 e. The van der Waals surface area contributed by atoms with Gasteiger partial charge in [0, 0.05) is 18.7 Å². The number of morpholine rings is 1. The quantitative estimate of drug-likeness (QED) is 0.684. The third-order valence-corrected chi connectivity index (χ3v) is 4.32. The van der Waals surface area contributed by atoms with Gasteiger partial charge < -0.3 is 20.1 Å². The van der Waals surface area contributed by atoms with Crippen LogP contribution in [0.1, 0.15) is 10.4 Å². The van der Waals surface area contributed by atoms with Gasteiger partial charge in [0.25, 0.3) is 0 Å². The Morgan fingerprint density at radius 1 is 1.15 bits per heavy atom. The summed E-state index contributed by atoms with van der Waals surface area (Å²) in [6.45, 7) is 2.64. The van der Waals surface area contributed by atoms with Gasteiger partial charge in [-0.25, -0.2) is 14.8 Å². The van der Waals surface area contributed by atoms with E-state index in [0.29, 0.717) is 54.5 Å². The zero-order valence-electron chi connectivity index (χ0n) is 14.8. The summed E-state index contributed by atoms with van der Waals surface area (Å²) < 4.78 is 10.1. The van der Waals surface area contributed by atoms with Gasteiger partial charge in [-0.2, -0.15) is 9.97 Å². The minimum absolute atomic E-state index is 0.161. The Labute approximate surface area is 155 Å². The van der Waals surface area contributed by atoms with Gasteiger partial charge in [0.1, 0.15) is 0 Å². The van der Waals surface area contributed by atoms with Crippen LogP contribution in [-0.2, 0) is 9.47 Å². The number of ether oxygens (including phenoxy) is 2. The molecular weight excluding hydrogens is 348 g/mol. The highest BCUT2D eigenvalue weighted by atomic mass is 16.5. The van der Waals surface area contributed by atoms with Crippen molar-refractivity contribution in [3.05, 3.63) is 36.0 Å². The van der Waals surface area contributed by atoms with Gasteiger partial charge in [-0.3, -0.25) is 0 Å². The fraction of sp³-hybridized carbons (Fsp3) is 0.278. The lowest BCUT2D eigenvalue weighted by atomic mass is 10.1. The first-order valence-corrected chi connectivity index (χ1v) is 8.47. The molecule has 0 aliphatic carbocycles. The van der Waals surface area contributed by atoms with E-state index in [0.717, 1.165) is 5.56 Å². The molecule has 1 fully saturated rings. The van der Waals surface area contributed by atoms with Crippen LogP contribution in [0, 0.1) is 0 Å². The first kappa shape index (κ1) is 17.1. The van der Waals surface area contributed by atoms with Crippen LogP contribution in [0.2, 0.25) is 0 Å². The lowest BCUT2D eigenvalue weighted by Crippen LogP contribution is -2.37. The summed E-state index contributed by atoms with van der Waals surface area (Å²) >= 11 is 0. The number of fused-ring (bicyclic) bond motifs is 1. The highest BCUT2D eigenvalue weighted by Crippen LogP contribution is 2.26. The van der Waals surface area contributed by atoms with E-state index in [-0.39, 0.29) is 11.9 Å². The van der Waals surface area contributed by atoms with E-state index in [2.05, 4.69) is 19.9 Å². The van der Waals surface area contributed by atoms with E-state index in [1.807, 2.05) is 0 Å². The third kappa shape index (κ3) is 3.36. The zero-order chi connectivity index (χ0) is 18.8. The Bertz CT molecular complexity index is 986. The maximum atomic E-state index is 11.6. The van der Waals surface area contributed by atoms with E-state index in [1.54, 1.807) is 30.5 Å². The summed E-state index contributed by atoms with van der Waals surface area (Å²) in [6.07, 6.45) is 1.63. The van der Waals surface area contributed by atoms with Crippen molar-refractivity contribution in [2.45, 2.75) is 0 Å². The molecule has 0 amide bonds. The van der Waals surface area contributed by atoms with Crippen LogP contribution in [0.4, 0.5) is 11.8 Å². The molecule has 0 saturated carbocycles. The van der Waals surface area contributed by atoms with Crippen molar-refractivity contribution in [1.29, 1.82) is 0 Å². The van der Waals surface area contributed by atoms with Crippen molar-refractivity contribution in [2.75, 3.05) is 44.0 Å². The molecule has 0 spiro atoms. The minimum atomic E-state index is -0.385. The molecule has 0 bridgehead atoms. The van der Waals surface area contributed by atoms with Gasteiger partial charge in [-0.1, -0.05) is 12.1 Å². The third-order valence-electron chi connectivity index (χ3n) is 4.32. The predicted molar refractivity (Wildman–Crippen MR) is 99.3 cm³/mol. The number of nitrogens with two attached hydrogens (primary N) is 1. The molecular formula is C18H18N6O3. The zero-order valence-corrected chi connectivity index (χ0v) is 14.8. The van der Waals surface area contributed by atoms with Crippen molar-refractivity contribution in [2.24, 2.45) is 0 Å². The molecule has 138 valence electrons. The van der Waals surface area contributed by atoms with Gasteiger partial charge in [0.15, 0.2) is 17.0 Å². The van der Waals surface area contributed by atoms with E-state index in [4.69, 9.17) is 20.2 Å². The number of esters is 1. The lowest BCUT2D eigenvalue weighted by molar-refractivity contribution is 0.0600. The smallest absolute Gasteiger partial charge is 0.337 e. The maximum absolute atomic E-state index is 11.6. The van der Waals surface area contributed by atoms with Crippen molar-refractivity contribution < 1.29 is 14.3 Å². The molecule has 2 N–H and O–H groups in total. The molecule has 9 nitrogen and oxygen atoms in total. The second kappa shape index (κ2) is 7.12. The van der Waals surface area contributed by atoms with Crippen LogP contribution in [0.15, 0.2) is 30.5 Å². The number of anilines is 2.